The lowest BCUT2D eigenvalue weighted by atomic mass is 10.1. The lowest BCUT2D eigenvalue weighted by molar-refractivity contribution is -0.127. The molecule has 2 aliphatic heterocycles. The van der Waals surface area contributed by atoms with E-state index in [-0.39, 0.29) is 69.1 Å². The largest absolute Gasteiger partial charge is 0.355 e. The first kappa shape index (κ1) is 28.1. The Bertz CT molecular complexity index is 1970. The lowest BCUT2D eigenvalue weighted by Crippen LogP contribution is -2.49. The standard InChI is InChI=1S/C30H26F2N8O3S/c1-4-22(42)38-8-9-39(20-11-19(20)38)27-15-10-17(32)25-23-16(31)6-5-7-18(23)35-21(41)12-44-29-26(24(14(2)3)33-13-34-29)40(28(15)36-25)30(43)37-27/h4-7,10,13-14,19-20H,1,8-9,11-12H2,2-3H3,(H,35,41)/t19-,20?/m1/s1. The molecule has 0 radical (unpaired) electrons. The van der Waals surface area contributed by atoms with Crippen LogP contribution < -0.4 is 15.9 Å². The summed E-state index contributed by atoms with van der Waals surface area (Å²) in [7, 11) is 0. The molecule has 1 saturated heterocycles. The van der Waals surface area contributed by atoms with E-state index in [1.165, 1.54) is 35.2 Å². The molecule has 1 aromatic carbocycles. The fourth-order valence-corrected chi connectivity index (χ4v) is 6.84. The number of carbonyl (C=O) groups excluding carboxylic acids is 2. The molecular formula is C30H26F2N8O3S. The van der Waals surface area contributed by atoms with Gasteiger partial charge in [-0.05, 0) is 36.6 Å². The van der Waals surface area contributed by atoms with Gasteiger partial charge in [-0.3, -0.25) is 9.59 Å². The van der Waals surface area contributed by atoms with Crippen molar-refractivity contribution in [3.8, 4) is 16.9 Å². The summed E-state index contributed by atoms with van der Waals surface area (Å²) in [6.07, 6.45) is 3.29. The summed E-state index contributed by atoms with van der Waals surface area (Å²) in [5.41, 5.74) is -0.476. The number of hydrogen-bond donors (Lipinski definition) is 1. The van der Waals surface area contributed by atoms with Gasteiger partial charge < -0.3 is 15.1 Å². The molecule has 44 heavy (non-hydrogen) atoms. The number of amides is 2. The molecule has 14 heteroatoms. The molecule has 224 valence electrons. The van der Waals surface area contributed by atoms with Crippen LogP contribution in [0.2, 0.25) is 0 Å². The minimum Gasteiger partial charge on any atom is -0.349 e. The maximum absolute atomic E-state index is 16.1. The molecule has 4 aromatic rings. The fourth-order valence-electron chi connectivity index (χ4n) is 6.04. The van der Waals surface area contributed by atoms with Crippen LogP contribution in [0, 0.1) is 11.6 Å². The van der Waals surface area contributed by atoms with Gasteiger partial charge in [0.15, 0.2) is 11.5 Å². The van der Waals surface area contributed by atoms with E-state index in [1.807, 2.05) is 18.7 Å². The first-order valence-corrected chi connectivity index (χ1v) is 15.1. The summed E-state index contributed by atoms with van der Waals surface area (Å²) in [5, 5.41) is 3.24. The molecule has 1 N–H and O–H groups in total. The first-order valence-electron chi connectivity index (χ1n) is 14.1. The average Bonchev–Trinajstić information content (AvgIpc) is 3.80. The number of carbonyl (C=O) groups is 2. The highest BCUT2D eigenvalue weighted by atomic mass is 32.2. The van der Waals surface area contributed by atoms with E-state index in [4.69, 9.17) is 0 Å². The van der Waals surface area contributed by atoms with Gasteiger partial charge in [-0.25, -0.2) is 33.1 Å². The van der Waals surface area contributed by atoms with Crippen molar-refractivity contribution in [2.75, 3.05) is 29.1 Å². The van der Waals surface area contributed by atoms with Crippen LogP contribution in [0.1, 0.15) is 31.9 Å². The maximum Gasteiger partial charge on any atom is 0.355 e. The van der Waals surface area contributed by atoms with Crippen LogP contribution in [0.25, 0.3) is 28.0 Å². The summed E-state index contributed by atoms with van der Waals surface area (Å²) < 4.78 is 32.8. The summed E-state index contributed by atoms with van der Waals surface area (Å²) in [6, 6.07) is 5.00. The Kier molecular flexibility index (Phi) is 6.68. The van der Waals surface area contributed by atoms with Crippen LogP contribution in [0.5, 0.6) is 0 Å². The van der Waals surface area contributed by atoms with E-state index in [2.05, 4.69) is 31.8 Å². The minimum atomic E-state index is -0.862. The quantitative estimate of drug-likeness (QED) is 0.271. The van der Waals surface area contributed by atoms with Crippen molar-refractivity contribution in [2.45, 2.75) is 43.3 Å². The second-order valence-electron chi connectivity index (χ2n) is 11.1. The Morgan fingerprint density at radius 1 is 1.14 bits per heavy atom. The highest BCUT2D eigenvalue weighted by molar-refractivity contribution is 8.00. The highest BCUT2D eigenvalue weighted by Crippen LogP contribution is 2.42. The number of piperazine rings is 1. The van der Waals surface area contributed by atoms with E-state index in [9.17, 15) is 14.4 Å². The number of halogens is 2. The molecule has 5 heterocycles. The molecule has 7 rings (SSSR count). The molecule has 2 atom stereocenters. The van der Waals surface area contributed by atoms with Gasteiger partial charge in [-0.1, -0.05) is 38.3 Å². The normalized spacial score (nSPS) is 19.1. The van der Waals surface area contributed by atoms with Gasteiger partial charge in [0.25, 0.3) is 0 Å². The molecule has 1 saturated carbocycles. The second-order valence-corrected chi connectivity index (χ2v) is 12.1. The lowest BCUT2D eigenvalue weighted by Gasteiger charge is -2.35. The molecular weight excluding hydrogens is 590 g/mol. The van der Waals surface area contributed by atoms with Gasteiger partial charge in [0.05, 0.1) is 40.2 Å². The third-order valence-electron chi connectivity index (χ3n) is 8.09. The zero-order chi connectivity index (χ0) is 30.9. The van der Waals surface area contributed by atoms with Gasteiger partial charge in [0, 0.05) is 13.1 Å². The molecule has 2 bridgehead atoms. The average molecular weight is 617 g/mol. The smallest absolute Gasteiger partial charge is 0.349 e. The maximum atomic E-state index is 16.1. The van der Waals surface area contributed by atoms with Gasteiger partial charge in [-0.15, -0.1) is 0 Å². The number of pyridine rings is 1. The van der Waals surface area contributed by atoms with Gasteiger partial charge in [-0.2, -0.15) is 4.98 Å². The number of aromatic nitrogens is 5. The molecule has 11 nitrogen and oxygen atoms in total. The number of fused-ring (bicyclic) bond motifs is 6. The Morgan fingerprint density at radius 3 is 2.73 bits per heavy atom. The Labute approximate surface area is 254 Å². The number of rotatable bonds is 3. The van der Waals surface area contributed by atoms with E-state index in [0.717, 1.165) is 17.8 Å². The predicted octanol–water partition coefficient (Wildman–Crippen LogP) is 3.66. The fraction of sp³-hybridized carbons (Fsp3) is 0.300. The van der Waals surface area contributed by atoms with Gasteiger partial charge >= 0.3 is 5.69 Å². The number of benzene rings is 1. The number of anilines is 2. The van der Waals surface area contributed by atoms with Crippen molar-refractivity contribution in [1.29, 1.82) is 0 Å². The molecule has 3 aromatic heterocycles. The van der Waals surface area contributed by atoms with Crippen molar-refractivity contribution in [2.24, 2.45) is 0 Å². The number of nitrogens with zero attached hydrogens (tertiary/aromatic N) is 7. The van der Waals surface area contributed by atoms with Crippen LogP contribution in [0.15, 0.2) is 53.1 Å². The van der Waals surface area contributed by atoms with Crippen LogP contribution in [-0.2, 0) is 9.59 Å². The topological polar surface area (TPSA) is 126 Å². The predicted molar refractivity (Wildman–Crippen MR) is 161 cm³/mol. The van der Waals surface area contributed by atoms with Crippen LogP contribution in [0.3, 0.4) is 0 Å². The molecule has 2 amide bonds. The number of hydrogen-bond acceptors (Lipinski definition) is 9. The highest BCUT2D eigenvalue weighted by Gasteiger charge is 2.51. The van der Waals surface area contributed by atoms with E-state index in [0.29, 0.717) is 30.2 Å². The zero-order valence-electron chi connectivity index (χ0n) is 23.8. The van der Waals surface area contributed by atoms with Crippen LogP contribution in [-0.4, -0.2) is 72.1 Å². The first-order chi connectivity index (χ1) is 21.2. The van der Waals surface area contributed by atoms with Crippen LogP contribution >= 0.6 is 11.8 Å². The second kappa shape index (κ2) is 10.5. The Hall–Kier alpha value is -4.72. The molecule has 3 aliphatic rings. The van der Waals surface area contributed by atoms with Crippen molar-refractivity contribution in [3.05, 3.63) is 71.1 Å². The summed E-state index contributed by atoms with van der Waals surface area (Å²) in [6.45, 7) is 8.10. The number of thioether (sulfide) groups is 1. The van der Waals surface area contributed by atoms with Gasteiger partial charge in [0.2, 0.25) is 11.8 Å². The zero-order valence-corrected chi connectivity index (χ0v) is 24.6. The summed E-state index contributed by atoms with van der Waals surface area (Å²) >= 11 is 1.08. The van der Waals surface area contributed by atoms with E-state index in [1.54, 1.807) is 4.90 Å². The Balaban J connectivity index is 1.54. The van der Waals surface area contributed by atoms with E-state index >= 15 is 8.78 Å². The van der Waals surface area contributed by atoms with Crippen molar-refractivity contribution in [3.63, 3.8) is 0 Å². The third-order valence-corrected chi connectivity index (χ3v) is 9.07. The third kappa shape index (κ3) is 4.43. The molecule has 2 fully saturated rings. The van der Waals surface area contributed by atoms with Gasteiger partial charge in [0.1, 0.15) is 34.4 Å². The van der Waals surface area contributed by atoms with Crippen molar-refractivity contribution < 1.29 is 18.4 Å². The van der Waals surface area contributed by atoms with Crippen LogP contribution in [0.4, 0.5) is 20.3 Å². The minimum absolute atomic E-state index is 0.0397. The van der Waals surface area contributed by atoms with E-state index < -0.39 is 23.2 Å². The number of nitrogens with one attached hydrogen (secondary N) is 1. The molecule has 1 aliphatic carbocycles. The molecule has 1 unspecified atom stereocenters. The Morgan fingerprint density at radius 2 is 1.95 bits per heavy atom. The molecule has 0 spiro atoms. The van der Waals surface area contributed by atoms with Crippen molar-refractivity contribution in [1.82, 2.24) is 29.4 Å². The van der Waals surface area contributed by atoms with Crippen molar-refractivity contribution >= 4 is 46.1 Å². The monoisotopic (exact) mass is 616 g/mol. The summed E-state index contributed by atoms with van der Waals surface area (Å²) in [5.74, 6) is -2.39. The summed E-state index contributed by atoms with van der Waals surface area (Å²) in [4.78, 5) is 61.0. The SMILES string of the molecule is C=CC(=O)N1CCN(c2nc(=O)n3c4nc(c(F)cc24)-c2c(F)cccc2NC(=O)CSc2ncnc(C(C)C)c2-3)C2C[C@H]21.